The molecule has 1 N–H and O–H groups in total. The van der Waals surface area contributed by atoms with Crippen LogP contribution in [0.15, 0.2) is 48.5 Å². The number of imide groups is 1. The third-order valence-corrected chi connectivity index (χ3v) is 4.99. The SMILES string of the molecule is CCc1ccccc1NC(=O)COC(=O)C(C(C)C)N1C(=O)c2ccccc2C1=O. The van der Waals surface area contributed by atoms with Gasteiger partial charge in [0.25, 0.3) is 17.7 Å². The number of fused-ring (bicyclic) bond motifs is 1. The predicted octanol–water partition coefficient (Wildman–Crippen LogP) is 3.05. The summed E-state index contributed by atoms with van der Waals surface area (Å²) in [5.74, 6) is -2.74. The van der Waals surface area contributed by atoms with Gasteiger partial charge in [-0.25, -0.2) is 4.79 Å². The van der Waals surface area contributed by atoms with Crippen molar-refractivity contribution in [2.24, 2.45) is 5.92 Å². The molecule has 7 nitrogen and oxygen atoms in total. The maximum atomic E-state index is 12.7. The fourth-order valence-electron chi connectivity index (χ4n) is 3.50. The summed E-state index contributed by atoms with van der Waals surface area (Å²) in [5, 5.41) is 2.72. The van der Waals surface area contributed by atoms with Gasteiger partial charge in [-0.2, -0.15) is 0 Å². The Morgan fingerprint density at radius 3 is 2.10 bits per heavy atom. The molecule has 0 saturated carbocycles. The lowest BCUT2D eigenvalue weighted by molar-refractivity contribution is -0.152. The second-order valence-electron chi connectivity index (χ2n) is 7.38. The summed E-state index contributed by atoms with van der Waals surface area (Å²) >= 11 is 0. The van der Waals surface area contributed by atoms with E-state index < -0.39 is 36.3 Å². The quantitative estimate of drug-likeness (QED) is 0.561. The van der Waals surface area contributed by atoms with E-state index in [1.165, 1.54) is 0 Å². The Bertz CT molecular complexity index is 964. The number of anilines is 1. The minimum absolute atomic E-state index is 0.259. The van der Waals surface area contributed by atoms with Gasteiger partial charge in [0.05, 0.1) is 11.1 Å². The van der Waals surface area contributed by atoms with Gasteiger partial charge < -0.3 is 10.1 Å². The van der Waals surface area contributed by atoms with Gasteiger partial charge in [-0.3, -0.25) is 19.3 Å². The van der Waals surface area contributed by atoms with Crippen LogP contribution in [-0.4, -0.2) is 41.2 Å². The van der Waals surface area contributed by atoms with Crippen LogP contribution in [0.2, 0.25) is 0 Å². The average molecular weight is 408 g/mol. The van der Waals surface area contributed by atoms with Crippen LogP contribution in [0.4, 0.5) is 5.69 Å². The summed E-state index contributed by atoms with van der Waals surface area (Å²) in [6.45, 7) is 4.89. The fraction of sp³-hybridized carbons (Fsp3) is 0.304. The number of nitrogens with one attached hydrogen (secondary N) is 1. The van der Waals surface area contributed by atoms with E-state index in [-0.39, 0.29) is 17.0 Å². The number of para-hydroxylation sites is 1. The molecule has 0 aliphatic carbocycles. The Labute approximate surface area is 175 Å². The maximum Gasteiger partial charge on any atom is 0.330 e. The molecule has 0 bridgehead atoms. The Morgan fingerprint density at radius 2 is 1.53 bits per heavy atom. The van der Waals surface area contributed by atoms with Crippen molar-refractivity contribution >= 4 is 29.4 Å². The smallest absolute Gasteiger partial charge is 0.330 e. The molecule has 1 heterocycles. The molecule has 156 valence electrons. The number of rotatable bonds is 7. The van der Waals surface area contributed by atoms with Crippen LogP contribution in [0.5, 0.6) is 0 Å². The highest BCUT2D eigenvalue weighted by Gasteiger charge is 2.44. The van der Waals surface area contributed by atoms with E-state index in [1.807, 2.05) is 19.1 Å². The topological polar surface area (TPSA) is 92.8 Å². The zero-order valence-electron chi connectivity index (χ0n) is 17.2. The Morgan fingerprint density at radius 1 is 0.967 bits per heavy atom. The van der Waals surface area contributed by atoms with E-state index >= 15 is 0 Å². The highest BCUT2D eigenvalue weighted by Crippen LogP contribution is 2.27. The highest BCUT2D eigenvalue weighted by molar-refractivity contribution is 6.22. The number of carbonyl (C=O) groups is 4. The molecule has 0 saturated heterocycles. The number of amides is 3. The van der Waals surface area contributed by atoms with Crippen molar-refractivity contribution < 1.29 is 23.9 Å². The van der Waals surface area contributed by atoms with E-state index in [9.17, 15) is 19.2 Å². The summed E-state index contributed by atoms with van der Waals surface area (Å²) in [7, 11) is 0. The molecule has 2 aromatic rings. The summed E-state index contributed by atoms with van der Waals surface area (Å²) < 4.78 is 5.18. The molecule has 0 spiro atoms. The monoisotopic (exact) mass is 408 g/mol. The number of hydrogen-bond acceptors (Lipinski definition) is 5. The van der Waals surface area contributed by atoms with Crippen molar-refractivity contribution in [3.63, 3.8) is 0 Å². The second kappa shape index (κ2) is 8.90. The normalized spacial score (nSPS) is 13.9. The Hall–Kier alpha value is -3.48. The maximum absolute atomic E-state index is 12.7. The van der Waals surface area contributed by atoms with Crippen molar-refractivity contribution in [2.45, 2.75) is 33.2 Å². The first-order valence-electron chi connectivity index (χ1n) is 9.86. The zero-order valence-corrected chi connectivity index (χ0v) is 17.2. The number of ether oxygens (including phenoxy) is 1. The van der Waals surface area contributed by atoms with Crippen molar-refractivity contribution in [3.05, 3.63) is 65.2 Å². The van der Waals surface area contributed by atoms with Crippen LogP contribution < -0.4 is 5.32 Å². The van der Waals surface area contributed by atoms with Gasteiger partial charge in [0.15, 0.2) is 6.61 Å². The lowest BCUT2D eigenvalue weighted by Gasteiger charge is -2.27. The summed E-state index contributed by atoms with van der Waals surface area (Å²) in [6.07, 6.45) is 0.741. The number of nitrogens with zero attached hydrogens (tertiary/aromatic N) is 1. The van der Waals surface area contributed by atoms with Gasteiger partial charge in [-0.05, 0) is 36.1 Å². The predicted molar refractivity (Wildman–Crippen MR) is 111 cm³/mol. The Balaban J connectivity index is 1.69. The zero-order chi connectivity index (χ0) is 21.8. The van der Waals surface area contributed by atoms with E-state index in [4.69, 9.17) is 4.74 Å². The minimum Gasteiger partial charge on any atom is -0.454 e. The first-order chi connectivity index (χ1) is 14.3. The molecule has 2 aromatic carbocycles. The summed E-state index contributed by atoms with van der Waals surface area (Å²) in [5.41, 5.74) is 2.13. The molecule has 7 heteroatoms. The van der Waals surface area contributed by atoms with Crippen LogP contribution in [0.3, 0.4) is 0 Å². The summed E-state index contributed by atoms with van der Waals surface area (Å²) in [4.78, 5) is 51.4. The molecule has 3 rings (SSSR count). The van der Waals surface area contributed by atoms with Crippen LogP contribution >= 0.6 is 0 Å². The van der Waals surface area contributed by atoms with E-state index in [1.54, 1.807) is 50.2 Å². The van der Waals surface area contributed by atoms with Gasteiger partial charge in [0.1, 0.15) is 6.04 Å². The minimum atomic E-state index is -1.12. The largest absolute Gasteiger partial charge is 0.454 e. The standard InChI is InChI=1S/C23H24N2O5/c1-4-15-9-5-8-12-18(15)24-19(26)13-30-23(29)20(14(2)3)25-21(27)16-10-6-7-11-17(16)22(25)28/h5-12,14,20H,4,13H2,1-3H3,(H,24,26). The molecule has 1 aliphatic heterocycles. The van der Waals surface area contributed by atoms with Gasteiger partial charge in [-0.15, -0.1) is 0 Å². The molecule has 1 atom stereocenters. The highest BCUT2D eigenvalue weighted by atomic mass is 16.5. The Kier molecular flexibility index (Phi) is 6.30. The third-order valence-electron chi connectivity index (χ3n) is 4.99. The molecule has 30 heavy (non-hydrogen) atoms. The number of carbonyl (C=O) groups excluding carboxylic acids is 4. The number of aryl methyl sites for hydroxylation is 1. The molecule has 0 radical (unpaired) electrons. The third kappa shape index (κ3) is 4.10. The number of benzene rings is 2. The lowest BCUT2D eigenvalue weighted by atomic mass is 10.0. The van der Waals surface area contributed by atoms with Crippen molar-refractivity contribution in [3.8, 4) is 0 Å². The molecular weight excluding hydrogens is 384 g/mol. The first kappa shape index (κ1) is 21.2. The first-order valence-corrected chi connectivity index (χ1v) is 9.86. The van der Waals surface area contributed by atoms with Crippen LogP contribution in [0.1, 0.15) is 47.1 Å². The average Bonchev–Trinajstić information content (AvgIpc) is 2.98. The molecule has 3 amide bonds. The lowest BCUT2D eigenvalue weighted by Crippen LogP contribution is -2.49. The molecule has 1 unspecified atom stereocenters. The van der Waals surface area contributed by atoms with Gasteiger partial charge >= 0.3 is 5.97 Å². The van der Waals surface area contributed by atoms with Gasteiger partial charge in [0, 0.05) is 5.69 Å². The van der Waals surface area contributed by atoms with Crippen molar-refractivity contribution in [1.29, 1.82) is 0 Å². The molecule has 0 fully saturated rings. The van der Waals surface area contributed by atoms with Crippen molar-refractivity contribution in [2.75, 3.05) is 11.9 Å². The van der Waals surface area contributed by atoms with E-state index in [2.05, 4.69) is 5.32 Å². The van der Waals surface area contributed by atoms with Crippen molar-refractivity contribution in [1.82, 2.24) is 4.90 Å². The second-order valence-corrected chi connectivity index (χ2v) is 7.38. The molecular formula is C23H24N2O5. The van der Waals surface area contributed by atoms with Crippen LogP contribution in [0.25, 0.3) is 0 Å². The molecule has 1 aliphatic rings. The summed E-state index contributed by atoms with van der Waals surface area (Å²) in [6, 6.07) is 12.7. The molecule has 0 aromatic heterocycles. The van der Waals surface area contributed by atoms with Gasteiger partial charge in [-0.1, -0.05) is 51.1 Å². The van der Waals surface area contributed by atoms with E-state index in [0.29, 0.717) is 5.69 Å². The number of hydrogen-bond donors (Lipinski definition) is 1. The number of esters is 1. The van der Waals surface area contributed by atoms with Gasteiger partial charge in [0.2, 0.25) is 0 Å². The van der Waals surface area contributed by atoms with Crippen LogP contribution in [0, 0.1) is 5.92 Å². The fourth-order valence-corrected chi connectivity index (χ4v) is 3.50. The van der Waals surface area contributed by atoms with Crippen LogP contribution in [-0.2, 0) is 20.7 Å². The van der Waals surface area contributed by atoms with E-state index in [0.717, 1.165) is 16.9 Å².